The SMILES string of the molecule is Cc1oc(C2N(C)CCN2C)cc1Br. The van der Waals surface area contributed by atoms with Gasteiger partial charge in [0.05, 0.1) is 4.47 Å². The zero-order valence-electron chi connectivity index (χ0n) is 8.75. The van der Waals surface area contributed by atoms with Crippen LogP contribution in [0.1, 0.15) is 17.7 Å². The van der Waals surface area contributed by atoms with Crippen LogP contribution in [0.3, 0.4) is 0 Å². The summed E-state index contributed by atoms with van der Waals surface area (Å²) in [5.41, 5.74) is 0. The summed E-state index contributed by atoms with van der Waals surface area (Å²) in [4.78, 5) is 4.59. The topological polar surface area (TPSA) is 19.6 Å². The number of hydrogen-bond donors (Lipinski definition) is 0. The molecular weight excluding hydrogens is 244 g/mol. The van der Waals surface area contributed by atoms with E-state index in [9.17, 15) is 0 Å². The fourth-order valence-corrected chi connectivity index (χ4v) is 2.25. The number of halogens is 1. The fraction of sp³-hybridized carbons (Fsp3) is 0.600. The number of aryl methyl sites for hydroxylation is 1. The molecule has 0 atom stereocenters. The van der Waals surface area contributed by atoms with Gasteiger partial charge in [-0.15, -0.1) is 0 Å². The molecule has 1 aliphatic heterocycles. The van der Waals surface area contributed by atoms with Crippen molar-refractivity contribution < 1.29 is 4.42 Å². The van der Waals surface area contributed by atoms with E-state index >= 15 is 0 Å². The molecule has 0 aliphatic carbocycles. The number of nitrogens with zero attached hydrogens (tertiary/aromatic N) is 2. The van der Waals surface area contributed by atoms with Gasteiger partial charge >= 0.3 is 0 Å². The normalized spacial score (nSPS) is 20.9. The van der Waals surface area contributed by atoms with Crippen molar-refractivity contribution >= 4 is 15.9 Å². The summed E-state index contributed by atoms with van der Waals surface area (Å²) in [5, 5.41) is 0. The highest BCUT2D eigenvalue weighted by Gasteiger charge is 2.30. The molecule has 1 saturated heterocycles. The standard InChI is InChI=1S/C10H15BrN2O/c1-7-8(11)6-9(14-7)10-12(2)4-5-13(10)3/h6,10H,4-5H2,1-3H3. The molecule has 1 aromatic rings. The number of likely N-dealkylation sites (N-methyl/N-ethyl adjacent to an activating group) is 2. The Morgan fingerprint density at radius 2 is 1.93 bits per heavy atom. The van der Waals surface area contributed by atoms with Crippen LogP contribution in [-0.4, -0.2) is 37.0 Å². The minimum atomic E-state index is 0.292. The highest BCUT2D eigenvalue weighted by Crippen LogP contribution is 2.31. The molecule has 1 aliphatic rings. The van der Waals surface area contributed by atoms with Crippen LogP contribution in [0.4, 0.5) is 0 Å². The van der Waals surface area contributed by atoms with Gasteiger partial charge < -0.3 is 4.42 Å². The molecule has 0 radical (unpaired) electrons. The van der Waals surface area contributed by atoms with Crippen LogP contribution in [0.15, 0.2) is 15.0 Å². The van der Waals surface area contributed by atoms with Crippen molar-refractivity contribution in [1.29, 1.82) is 0 Å². The van der Waals surface area contributed by atoms with Gasteiger partial charge in [0.15, 0.2) is 0 Å². The Morgan fingerprint density at radius 3 is 2.36 bits per heavy atom. The van der Waals surface area contributed by atoms with Gasteiger partial charge in [-0.1, -0.05) is 0 Å². The summed E-state index contributed by atoms with van der Waals surface area (Å²) in [7, 11) is 4.25. The third-order valence-corrected chi connectivity index (χ3v) is 3.56. The molecule has 0 saturated carbocycles. The van der Waals surface area contributed by atoms with Crippen molar-refractivity contribution in [3.8, 4) is 0 Å². The predicted molar refractivity (Wildman–Crippen MR) is 59.1 cm³/mol. The van der Waals surface area contributed by atoms with Gasteiger partial charge in [-0.05, 0) is 43.0 Å². The van der Waals surface area contributed by atoms with E-state index in [4.69, 9.17) is 4.42 Å². The van der Waals surface area contributed by atoms with Gasteiger partial charge in [-0.3, -0.25) is 9.80 Å². The quantitative estimate of drug-likeness (QED) is 0.771. The van der Waals surface area contributed by atoms with Crippen molar-refractivity contribution in [2.75, 3.05) is 27.2 Å². The summed E-state index contributed by atoms with van der Waals surface area (Å²) in [5.74, 6) is 1.98. The number of rotatable bonds is 1. The summed E-state index contributed by atoms with van der Waals surface area (Å²) in [6, 6.07) is 2.07. The number of hydrogen-bond acceptors (Lipinski definition) is 3. The van der Waals surface area contributed by atoms with Crippen molar-refractivity contribution in [2.24, 2.45) is 0 Å². The van der Waals surface area contributed by atoms with Crippen molar-refractivity contribution in [3.63, 3.8) is 0 Å². The van der Waals surface area contributed by atoms with Crippen LogP contribution in [-0.2, 0) is 0 Å². The zero-order chi connectivity index (χ0) is 10.3. The Bertz CT molecular complexity index is 307. The van der Waals surface area contributed by atoms with Crippen LogP contribution in [0.2, 0.25) is 0 Å². The average Bonchev–Trinajstić information content (AvgIpc) is 2.59. The van der Waals surface area contributed by atoms with Crippen LogP contribution in [0.5, 0.6) is 0 Å². The first-order valence-corrected chi connectivity index (χ1v) is 5.55. The van der Waals surface area contributed by atoms with Gasteiger partial charge in [0, 0.05) is 13.1 Å². The first-order chi connectivity index (χ1) is 6.59. The Kier molecular flexibility index (Phi) is 2.68. The molecule has 0 N–H and O–H groups in total. The molecule has 78 valence electrons. The Labute approximate surface area is 92.8 Å². The molecular formula is C10H15BrN2O. The lowest BCUT2D eigenvalue weighted by Gasteiger charge is -2.22. The van der Waals surface area contributed by atoms with Crippen LogP contribution in [0.25, 0.3) is 0 Å². The van der Waals surface area contributed by atoms with E-state index in [1.807, 2.05) is 6.92 Å². The molecule has 2 heterocycles. The Morgan fingerprint density at radius 1 is 1.36 bits per heavy atom. The second-order valence-electron chi connectivity index (χ2n) is 3.89. The van der Waals surface area contributed by atoms with Gasteiger partial charge in [0.1, 0.15) is 17.7 Å². The second kappa shape index (κ2) is 3.68. The smallest absolute Gasteiger partial charge is 0.137 e. The Hall–Kier alpha value is -0.320. The maximum atomic E-state index is 5.71. The molecule has 14 heavy (non-hydrogen) atoms. The highest BCUT2D eigenvalue weighted by atomic mass is 79.9. The molecule has 1 aromatic heterocycles. The van der Waals surface area contributed by atoms with E-state index in [-0.39, 0.29) is 0 Å². The minimum Gasteiger partial charge on any atom is -0.462 e. The predicted octanol–water partition coefficient (Wildman–Crippen LogP) is 2.23. The molecule has 4 heteroatoms. The van der Waals surface area contributed by atoms with Gasteiger partial charge in [-0.2, -0.15) is 0 Å². The van der Waals surface area contributed by atoms with Crippen LogP contribution < -0.4 is 0 Å². The maximum absolute atomic E-state index is 5.71. The molecule has 3 nitrogen and oxygen atoms in total. The summed E-state index contributed by atoms with van der Waals surface area (Å²) < 4.78 is 6.77. The van der Waals surface area contributed by atoms with Crippen molar-refractivity contribution in [3.05, 3.63) is 22.1 Å². The first-order valence-electron chi connectivity index (χ1n) is 4.76. The maximum Gasteiger partial charge on any atom is 0.137 e. The molecule has 0 amide bonds. The zero-order valence-corrected chi connectivity index (χ0v) is 10.3. The minimum absolute atomic E-state index is 0.292. The average molecular weight is 259 g/mol. The summed E-state index contributed by atoms with van der Waals surface area (Å²) >= 11 is 3.47. The monoisotopic (exact) mass is 258 g/mol. The molecule has 2 rings (SSSR count). The lowest BCUT2D eigenvalue weighted by molar-refractivity contribution is 0.159. The van der Waals surface area contributed by atoms with Gasteiger partial charge in [0.25, 0.3) is 0 Å². The molecule has 0 spiro atoms. The van der Waals surface area contributed by atoms with Crippen LogP contribution >= 0.6 is 15.9 Å². The van der Waals surface area contributed by atoms with E-state index in [1.165, 1.54) is 0 Å². The van der Waals surface area contributed by atoms with E-state index in [0.29, 0.717) is 6.17 Å². The molecule has 0 bridgehead atoms. The lowest BCUT2D eigenvalue weighted by Crippen LogP contribution is -2.25. The van der Waals surface area contributed by atoms with E-state index < -0.39 is 0 Å². The lowest BCUT2D eigenvalue weighted by atomic mass is 10.3. The third-order valence-electron chi connectivity index (χ3n) is 2.77. The third kappa shape index (κ3) is 1.62. The number of furan rings is 1. The van der Waals surface area contributed by atoms with E-state index in [1.54, 1.807) is 0 Å². The van der Waals surface area contributed by atoms with Crippen molar-refractivity contribution in [2.45, 2.75) is 13.1 Å². The molecule has 1 fully saturated rings. The summed E-state index contributed by atoms with van der Waals surface area (Å²) in [6.45, 7) is 4.17. The Balaban J connectivity index is 2.29. The van der Waals surface area contributed by atoms with Gasteiger partial charge in [0.2, 0.25) is 0 Å². The van der Waals surface area contributed by atoms with E-state index in [2.05, 4.69) is 45.9 Å². The fourth-order valence-electron chi connectivity index (χ4n) is 1.94. The van der Waals surface area contributed by atoms with Gasteiger partial charge in [-0.25, -0.2) is 0 Å². The van der Waals surface area contributed by atoms with Crippen LogP contribution in [0, 0.1) is 6.92 Å². The molecule has 0 aromatic carbocycles. The first kappa shape index (κ1) is 10.2. The van der Waals surface area contributed by atoms with Crippen molar-refractivity contribution in [1.82, 2.24) is 9.80 Å². The highest BCUT2D eigenvalue weighted by molar-refractivity contribution is 9.10. The second-order valence-corrected chi connectivity index (χ2v) is 4.74. The van der Waals surface area contributed by atoms with E-state index in [0.717, 1.165) is 29.1 Å². The summed E-state index contributed by atoms with van der Waals surface area (Å²) in [6.07, 6.45) is 0.292. The molecule has 0 unspecified atom stereocenters. The largest absolute Gasteiger partial charge is 0.462 e.